The van der Waals surface area contributed by atoms with E-state index in [-0.39, 0.29) is 0 Å². The predicted molar refractivity (Wildman–Crippen MR) is 70.9 cm³/mol. The highest BCUT2D eigenvalue weighted by Crippen LogP contribution is 2.25. The summed E-state index contributed by atoms with van der Waals surface area (Å²) in [6.07, 6.45) is 0.794. The first-order valence-corrected chi connectivity index (χ1v) is 7.36. The Morgan fingerprint density at radius 2 is 1.53 bits per heavy atom. The zero-order valence-corrected chi connectivity index (χ0v) is 12.0. The van der Waals surface area contributed by atoms with Crippen LogP contribution in [-0.2, 0) is 10.0 Å². The van der Waals surface area contributed by atoms with Crippen LogP contribution >= 0.6 is 0 Å². The van der Waals surface area contributed by atoms with Crippen LogP contribution in [0.2, 0.25) is 0 Å². The van der Waals surface area contributed by atoms with Gasteiger partial charge in [0.1, 0.15) is 0 Å². The van der Waals surface area contributed by atoms with Crippen molar-refractivity contribution in [3.8, 4) is 0 Å². The summed E-state index contributed by atoms with van der Waals surface area (Å²) >= 11 is 0. The van der Waals surface area contributed by atoms with Crippen LogP contribution in [0, 0.1) is 27.7 Å². The molecule has 1 rings (SSSR count). The van der Waals surface area contributed by atoms with Crippen molar-refractivity contribution in [1.29, 1.82) is 0 Å². The lowest BCUT2D eigenvalue weighted by Crippen LogP contribution is -2.26. The van der Waals surface area contributed by atoms with Gasteiger partial charge in [0.15, 0.2) is 0 Å². The lowest BCUT2D eigenvalue weighted by Gasteiger charge is -2.15. The summed E-state index contributed by atoms with van der Waals surface area (Å²) in [6.45, 7) is 10.0. The lowest BCUT2D eigenvalue weighted by molar-refractivity contribution is 0.579. The molecule has 0 atom stereocenters. The Hall–Kier alpha value is -0.870. The fourth-order valence-electron chi connectivity index (χ4n) is 1.89. The Bertz CT molecular complexity index is 492. The van der Waals surface area contributed by atoms with E-state index in [1.54, 1.807) is 0 Å². The van der Waals surface area contributed by atoms with Crippen molar-refractivity contribution in [2.24, 2.45) is 0 Å². The molecule has 4 heteroatoms. The molecule has 0 saturated carbocycles. The Kier molecular flexibility index (Phi) is 4.33. The normalized spacial score (nSPS) is 11.8. The first-order chi connectivity index (χ1) is 7.81. The molecule has 1 aromatic rings. The highest BCUT2D eigenvalue weighted by Gasteiger charge is 2.21. The van der Waals surface area contributed by atoms with Crippen LogP contribution in [0.3, 0.4) is 0 Å². The van der Waals surface area contributed by atoms with E-state index in [0.717, 1.165) is 28.7 Å². The van der Waals surface area contributed by atoms with E-state index < -0.39 is 10.0 Å². The molecule has 1 aromatic carbocycles. The Labute approximate surface area is 104 Å². The second-order valence-electron chi connectivity index (χ2n) is 4.49. The Morgan fingerprint density at radius 3 is 1.94 bits per heavy atom. The van der Waals surface area contributed by atoms with Crippen molar-refractivity contribution >= 4 is 10.0 Å². The van der Waals surface area contributed by atoms with Crippen molar-refractivity contribution in [3.05, 3.63) is 28.3 Å². The molecule has 0 heterocycles. The van der Waals surface area contributed by atoms with Gasteiger partial charge in [0.2, 0.25) is 10.0 Å². The van der Waals surface area contributed by atoms with Gasteiger partial charge < -0.3 is 0 Å². The molecule has 0 saturated heterocycles. The number of hydrogen-bond acceptors (Lipinski definition) is 2. The van der Waals surface area contributed by atoms with Gasteiger partial charge in [-0.25, -0.2) is 13.1 Å². The average Bonchev–Trinajstić information content (AvgIpc) is 2.24. The molecule has 0 amide bonds. The molecule has 0 radical (unpaired) electrons. The quantitative estimate of drug-likeness (QED) is 0.899. The van der Waals surface area contributed by atoms with E-state index in [9.17, 15) is 8.42 Å². The number of rotatable bonds is 4. The van der Waals surface area contributed by atoms with E-state index >= 15 is 0 Å². The summed E-state index contributed by atoms with van der Waals surface area (Å²) < 4.78 is 27.1. The molecule has 1 N–H and O–H groups in total. The van der Waals surface area contributed by atoms with Gasteiger partial charge in [0.05, 0.1) is 4.90 Å². The summed E-state index contributed by atoms with van der Waals surface area (Å²) in [5.74, 6) is 0. The molecule has 3 nitrogen and oxygen atoms in total. The molecule has 0 aliphatic heterocycles. The highest BCUT2D eigenvalue weighted by atomic mass is 32.2. The van der Waals surface area contributed by atoms with Gasteiger partial charge in [-0.05, 0) is 56.4 Å². The molecular weight excluding hydrogens is 234 g/mol. The van der Waals surface area contributed by atoms with Gasteiger partial charge in [0.25, 0.3) is 0 Å². The first-order valence-electron chi connectivity index (χ1n) is 5.88. The lowest BCUT2D eigenvalue weighted by atomic mass is 10.0. The van der Waals surface area contributed by atoms with Crippen LogP contribution in [0.1, 0.15) is 35.6 Å². The Morgan fingerprint density at radius 1 is 1.06 bits per heavy atom. The number of benzene rings is 1. The second-order valence-corrected chi connectivity index (χ2v) is 6.19. The maximum absolute atomic E-state index is 12.2. The molecule has 0 unspecified atom stereocenters. The molecule has 96 valence electrons. The third-order valence-electron chi connectivity index (χ3n) is 3.11. The SMILES string of the molecule is CCCNS(=O)(=O)c1c(C)c(C)cc(C)c1C. The molecule has 0 aliphatic rings. The number of nitrogens with one attached hydrogen (secondary N) is 1. The van der Waals surface area contributed by atoms with Crippen molar-refractivity contribution in [2.75, 3.05) is 6.54 Å². The molecular formula is C13H21NO2S. The number of sulfonamides is 1. The fraction of sp³-hybridized carbons (Fsp3) is 0.538. The van der Waals surface area contributed by atoms with Crippen molar-refractivity contribution in [2.45, 2.75) is 45.9 Å². The molecule has 0 bridgehead atoms. The largest absolute Gasteiger partial charge is 0.241 e. The fourth-order valence-corrected chi connectivity index (χ4v) is 3.64. The van der Waals surface area contributed by atoms with Gasteiger partial charge in [-0.1, -0.05) is 13.0 Å². The zero-order valence-electron chi connectivity index (χ0n) is 11.2. The van der Waals surface area contributed by atoms with Gasteiger partial charge >= 0.3 is 0 Å². The third-order valence-corrected chi connectivity index (χ3v) is 4.84. The van der Waals surface area contributed by atoms with E-state index in [0.29, 0.717) is 11.4 Å². The summed E-state index contributed by atoms with van der Waals surface area (Å²) in [4.78, 5) is 0.448. The number of hydrogen-bond donors (Lipinski definition) is 1. The summed E-state index contributed by atoms with van der Waals surface area (Å²) in [7, 11) is -3.38. The van der Waals surface area contributed by atoms with Crippen molar-refractivity contribution in [1.82, 2.24) is 4.72 Å². The van der Waals surface area contributed by atoms with Crippen LogP contribution in [0.15, 0.2) is 11.0 Å². The summed E-state index contributed by atoms with van der Waals surface area (Å²) in [5, 5.41) is 0. The van der Waals surface area contributed by atoms with E-state index in [2.05, 4.69) is 4.72 Å². The molecule has 17 heavy (non-hydrogen) atoms. The van der Waals surface area contributed by atoms with Crippen LogP contribution < -0.4 is 4.72 Å². The van der Waals surface area contributed by atoms with Gasteiger partial charge in [0, 0.05) is 6.54 Å². The minimum atomic E-state index is -3.38. The first kappa shape index (κ1) is 14.2. The van der Waals surface area contributed by atoms with Crippen LogP contribution in [-0.4, -0.2) is 15.0 Å². The van der Waals surface area contributed by atoms with Crippen LogP contribution in [0.4, 0.5) is 0 Å². The van der Waals surface area contributed by atoms with Gasteiger partial charge in [-0.15, -0.1) is 0 Å². The molecule has 0 spiro atoms. The zero-order chi connectivity index (χ0) is 13.2. The summed E-state index contributed by atoms with van der Waals surface area (Å²) in [6, 6.07) is 2.03. The Balaban J connectivity index is 3.40. The molecule has 0 fully saturated rings. The third kappa shape index (κ3) is 2.87. The van der Waals surface area contributed by atoms with Crippen LogP contribution in [0.5, 0.6) is 0 Å². The van der Waals surface area contributed by atoms with Crippen molar-refractivity contribution < 1.29 is 8.42 Å². The maximum Gasteiger partial charge on any atom is 0.241 e. The highest BCUT2D eigenvalue weighted by molar-refractivity contribution is 7.89. The maximum atomic E-state index is 12.2. The standard InChI is InChI=1S/C13H21NO2S/c1-6-7-14-17(15,16)13-11(4)9(2)8-10(3)12(13)5/h8,14H,6-7H2,1-5H3. The predicted octanol–water partition coefficient (Wildman–Crippen LogP) is 2.61. The topological polar surface area (TPSA) is 46.2 Å². The number of aryl methyl sites for hydroxylation is 2. The van der Waals surface area contributed by atoms with E-state index in [1.807, 2.05) is 40.7 Å². The average molecular weight is 255 g/mol. The second kappa shape index (κ2) is 5.19. The van der Waals surface area contributed by atoms with E-state index in [1.165, 1.54) is 0 Å². The molecule has 0 aromatic heterocycles. The van der Waals surface area contributed by atoms with Gasteiger partial charge in [-0.3, -0.25) is 0 Å². The minimum absolute atomic E-state index is 0.448. The summed E-state index contributed by atoms with van der Waals surface area (Å²) in [5.41, 5.74) is 3.73. The smallest absolute Gasteiger partial charge is 0.211 e. The minimum Gasteiger partial charge on any atom is -0.211 e. The van der Waals surface area contributed by atoms with E-state index in [4.69, 9.17) is 0 Å². The molecule has 0 aliphatic carbocycles. The monoisotopic (exact) mass is 255 g/mol. The van der Waals surface area contributed by atoms with Crippen molar-refractivity contribution in [3.63, 3.8) is 0 Å². The van der Waals surface area contributed by atoms with Crippen LogP contribution in [0.25, 0.3) is 0 Å². The van der Waals surface area contributed by atoms with Gasteiger partial charge in [-0.2, -0.15) is 0 Å².